The Morgan fingerprint density at radius 1 is 1.26 bits per heavy atom. The lowest BCUT2D eigenvalue weighted by Gasteiger charge is -2.10. The zero-order valence-electron chi connectivity index (χ0n) is 10.1. The first-order chi connectivity index (χ1) is 9.10. The molecule has 2 aromatic rings. The minimum atomic E-state index is -0.473. The molecule has 98 valence electrons. The number of benzene rings is 2. The van der Waals surface area contributed by atoms with E-state index < -0.39 is 11.7 Å². The van der Waals surface area contributed by atoms with Gasteiger partial charge in [0.1, 0.15) is 11.6 Å². The zero-order valence-corrected chi connectivity index (χ0v) is 11.7. The van der Waals surface area contributed by atoms with Gasteiger partial charge in [0, 0.05) is 10.0 Å². The van der Waals surface area contributed by atoms with Gasteiger partial charge in [0.25, 0.3) is 5.91 Å². The Kier molecular flexibility index (Phi) is 4.16. The quantitative estimate of drug-likeness (QED) is 0.931. The molecule has 2 aromatic carbocycles. The number of nitrogens with one attached hydrogen (secondary N) is 1. The van der Waals surface area contributed by atoms with Crippen LogP contribution in [0, 0.1) is 5.82 Å². The van der Waals surface area contributed by atoms with Gasteiger partial charge < -0.3 is 10.1 Å². The first kappa shape index (κ1) is 13.5. The number of para-hydroxylation sites is 2. The molecule has 1 N–H and O–H groups in total. The highest BCUT2D eigenvalue weighted by molar-refractivity contribution is 9.10. The Labute approximate surface area is 118 Å². The number of amides is 1. The van der Waals surface area contributed by atoms with Crippen LogP contribution in [0.3, 0.4) is 0 Å². The van der Waals surface area contributed by atoms with Gasteiger partial charge in [0.15, 0.2) is 0 Å². The highest BCUT2D eigenvalue weighted by Gasteiger charge is 2.11. The smallest absolute Gasteiger partial charge is 0.255 e. The molecular weight excluding hydrogens is 313 g/mol. The van der Waals surface area contributed by atoms with Crippen molar-refractivity contribution in [3.63, 3.8) is 0 Å². The largest absolute Gasteiger partial charge is 0.495 e. The molecule has 0 saturated heterocycles. The van der Waals surface area contributed by atoms with Crippen molar-refractivity contribution in [3.8, 4) is 5.75 Å². The molecule has 0 atom stereocenters. The summed E-state index contributed by atoms with van der Waals surface area (Å²) in [4.78, 5) is 12.0. The van der Waals surface area contributed by atoms with E-state index in [1.54, 1.807) is 30.3 Å². The van der Waals surface area contributed by atoms with Crippen molar-refractivity contribution in [2.24, 2.45) is 0 Å². The first-order valence-corrected chi connectivity index (χ1v) is 6.30. The fourth-order valence-electron chi connectivity index (χ4n) is 1.63. The second kappa shape index (κ2) is 5.84. The third-order valence-electron chi connectivity index (χ3n) is 2.48. The predicted octanol–water partition coefficient (Wildman–Crippen LogP) is 3.85. The summed E-state index contributed by atoms with van der Waals surface area (Å²) in [6, 6.07) is 11.0. The molecule has 0 aliphatic heterocycles. The van der Waals surface area contributed by atoms with Gasteiger partial charge in [0.2, 0.25) is 0 Å². The number of methoxy groups -OCH3 is 1. The maximum atomic E-state index is 13.2. The maximum Gasteiger partial charge on any atom is 0.255 e. The Morgan fingerprint density at radius 3 is 2.68 bits per heavy atom. The van der Waals surface area contributed by atoms with Crippen LogP contribution in [0.25, 0.3) is 0 Å². The molecule has 0 fully saturated rings. The highest BCUT2D eigenvalue weighted by Crippen LogP contribution is 2.24. The van der Waals surface area contributed by atoms with E-state index in [1.807, 2.05) is 0 Å². The summed E-state index contributed by atoms with van der Waals surface area (Å²) in [5.74, 6) is -0.324. The van der Waals surface area contributed by atoms with Crippen molar-refractivity contribution in [2.75, 3.05) is 12.4 Å². The minimum Gasteiger partial charge on any atom is -0.495 e. The molecular formula is C14H11BrFNO2. The van der Waals surface area contributed by atoms with Crippen LogP contribution in [0.15, 0.2) is 46.9 Å². The van der Waals surface area contributed by atoms with E-state index in [1.165, 1.54) is 19.2 Å². The molecule has 0 spiro atoms. The lowest BCUT2D eigenvalue weighted by molar-refractivity contribution is 0.102. The number of halogens is 2. The minimum absolute atomic E-state index is 0.234. The molecule has 19 heavy (non-hydrogen) atoms. The summed E-state index contributed by atoms with van der Waals surface area (Å²) >= 11 is 3.15. The second-order valence-electron chi connectivity index (χ2n) is 3.81. The number of carbonyl (C=O) groups excluding carboxylic acids is 1. The van der Waals surface area contributed by atoms with Gasteiger partial charge in [0.05, 0.1) is 12.8 Å². The number of carbonyl (C=O) groups is 1. The third-order valence-corrected chi connectivity index (χ3v) is 2.94. The number of anilines is 1. The van der Waals surface area contributed by atoms with E-state index in [2.05, 4.69) is 21.2 Å². The first-order valence-electron chi connectivity index (χ1n) is 5.50. The Bertz CT molecular complexity index is 596. The van der Waals surface area contributed by atoms with Crippen LogP contribution in [0.5, 0.6) is 5.75 Å². The molecule has 1 amide bonds. The van der Waals surface area contributed by atoms with Crippen LogP contribution >= 0.6 is 15.9 Å². The Hall–Kier alpha value is -1.88. The van der Waals surface area contributed by atoms with Crippen LogP contribution in [0.2, 0.25) is 0 Å². The van der Waals surface area contributed by atoms with Crippen molar-refractivity contribution in [3.05, 3.63) is 58.3 Å². The van der Waals surface area contributed by atoms with Gasteiger partial charge in [-0.05, 0) is 30.3 Å². The molecule has 3 nitrogen and oxygen atoms in total. The monoisotopic (exact) mass is 323 g/mol. The lowest BCUT2D eigenvalue weighted by atomic mass is 10.2. The maximum absolute atomic E-state index is 13.2. The van der Waals surface area contributed by atoms with Crippen molar-refractivity contribution in [1.82, 2.24) is 0 Å². The van der Waals surface area contributed by atoms with E-state index in [-0.39, 0.29) is 5.56 Å². The molecule has 0 aliphatic carbocycles. The molecule has 0 heterocycles. The van der Waals surface area contributed by atoms with Gasteiger partial charge >= 0.3 is 0 Å². The SMILES string of the molecule is COc1ccccc1NC(=O)c1cc(F)cc(Br)c1. The Balaban J connectivity index is 2.25. The van der Waals surface area contributed by atoms with Crippen molar-refractivity contribution in [2.45, 2.75) is 0 Å². The topological polar surface area (TPSA) is 38.3 Å². The van der Waals surface area contributed by atoms with Crippen LogP contribution in [-0.4, -0.2) is 13.0 Å². The van der Waals surface area contributed by atoms with Crippen LogP contribution in [-0.2, 0) is 0 Å². The van der Waals surface area contributed by atoms with E-state index in [0.29, 0.717) is 15.9 Å². The zero-order chi connectivity index (χ0) is 13.8. The van der Waals surface area contributed by atoms with Gasteiger partial charge in [-0.25, -0.2) is 4.39 Å². The molecule has 5 heteroatoms. The highest BCUT2D eigenvalue weighted by atomic mass is 79.9. The molecule has 0 aliphatic rings. The average molecular weight is 324 g/mol. The fraction of sp³-hybridized carbons (Fsp3) is 0.0714. The fourth-order valence-corrected chi connectivity index (χ4v) is 2.09. The van der Waals surface area contributed by atoms with Crippen molar-refractivity contribution in [1.29, 1.82) is 0 Å². The summed E-state index contributed by atoms with van der Waals surface area (Å²) in [6.07, 6.45) is 0. The van der Waals surface area contributed by atoms with Crippen molar-refractivity contribution >= 4 is 27.5 Å². The molecule has 0 saturated carbocycles. The summed E-state index contributed by atoms with van der Waals surface area (Å²) in [5.41, 5.74) is 0.771. The average Bonchev–Trinajstić information content (AvgIpc) is 2.38. The van der Waals surface area contributed by atoms with Gasteiger partial charge in [-0.15, -0.1) is 0 Å². The lowest BCUT2D eigenvalue weighted by Crippen LogP contribution is -2.12. The van der Waals surface area contributed by atoms with Crippen molar-refractivity contribution < 1.29 is 13.9 Å². The summed E-state index contributed by atoms with van der Waals surface area (Å²) in [6.45, 7) is 0. The Morgan fingerprint density at radius 2 is 2.00 bits per heavy atom. The standard InChI is InChI=1S/C14H11BrFNO2/c1-19-13-5-3-2-4-12(13)17-14(18)9-6-10(15)8-11(16)7-9/h2-8H,1H3,(H,17,18). The van der Waals surface area contributed by atoms with Crippen LogP contribution < -0.4 is 10.1 Å². The number of rotatable bonds is 3. The molecule has 0 radical (unpaired) electrons. The summed E-state index contributed by atoms with van der Waals surface area (Å²) in [5, 5.41) is 2.68. The normalized spacial score (nSPS) is 10.1. The van der Waals surface area contributed by atoms with Crippen LogP contribution in [0.1, 0.15) is 10.4 Å². The third kappa shape index (κ3) is 3.32. The molecule has 2 rings (SSSR count). The van der Waals surface area contributed by atoms with Gasteiger partial charge in [-0.1, -0.05) is 28.1 Å². The molecule has 0 bridgehead atoms. The molecule has 0 unspecified atom stereocenters. The van der Waals surface area contributed by atoms with E-state index in [0.717, 1.165) is 0 Å². The van der Waals surface area contributed by atoms with E-state index >= 15 is 0 Å². The van der Waals surface area contributed by atoms with Gasteiger partial charge in [-0.2, -0.15) is 0 Å². The number of hydrogen-bond donors (Lipinski definition) is 1. The van der Waals surface area contributed by atoms with E-state index in [4.69, 9.17) is 4.74 Å². The second-order valence-corrected chi connectivity index (χ2v) is 4.73. The van der Waals surface area contributed by atoms with E-state index in [9.17, 15) is 9.18 Å². The summed E-state index contributed by atoms with van der Waals surface area (Å²) < 4.78 is 18.9. The summed E-state index contributed by atoms with van der Waals surface area (Å²) in [7, 11) is 1.52. The van der Waals surface area contributed by atoms with Gasteiger partial charge in [-0.3, -0.25) is 4.79 Å². The number of hydrogen-bond acceptors (Lipinski definition) is 2. The molecule has 0 aromatic heterocycles. The van der Waals surface area contributed by atoms with Crippen LogP contribution in [0.4, 0.5) is 10.1 Å². The number of ether oxygens (including phenoxy) is 1. The predicted molar refractivity (Wildman–Crippen MR) is 75.0 cm³/mol.